The lowest BCUT2D eigenvalue weighted by atomic mass is 10.4. The lowest BCUT2D eigenvalue weighted by Gasteiger charge is -2.21. The van der Waals surface area contributed by atoms with Crippen LogP contribution in [0, 0.1) is 0 Å². The molecule has 2 amide bonds. The van der Waals surface area contributed by atoms with Crippen molar-refractivity contribution in [1.82, 2.24) is 9.80 Å². The van der Waals surface area contributed by atoms with E-state index in [0.29, 0.717) is 13.1 Å². The van der Waals surface area contributed by atoms with Gasteiger partial charge in [-0.3, -0.25) is 9.59 Å². The van der Waals surface area contributed by atoms with Gasteiger partial charge < -0.3 is 9.80 Å². The zero-order valence-corrected chi connectivity index (χ0v) is 8.97. The number of amides is 2. The molecule has 4 nitrogen and oxygen atoms in total. The number of likely N-dealkylation sites (N-methyl/N-ethyl adjacent to an activating group) is 2. The largest absolute Gasteiger partial charge is 0.342 e. The summed E-state index contributed by atoms with van der Waals surface area (Å²) in [4.78, 5) is 24.8. The first kappa shape index (κ1) is 12.2. The van der Waals surface area contributed by atoms with Crippen molar-refractivity contribution in [2.75, 3.05) is 26.7 Å². The summed E-state index contributed by atoms with van der Waals surface area (Å²) < 4.78 is 0. The third-order valence-corrected chi connectivity index (χ3v) is 2.08. The maximum Gasteiger partial charge on any atom is 0.316 e. The molecule has 0 radical (unpaired) electrons. The Labute approximate surface area is 83.4 Å². The molecule has 0 aromatic rings. The number of carbonyl (C=O) groups is 2. The minimum Gasteiger partial charge on any atom is -0.342 e. The summed E-state index contributed by atoms with van der Waals surface area (Å²) in [7, 11) is 1.50. The van der Waals surface area contributed by atoms with Crippen molar-refractivity contribution in [1.29, 1.82) is 0 Å². The smallest absolute Gasteiger partial charge is 0.316 e. The predicted molar refractivity (Wildman–Crippen MR) is 51.8 cm³/mol. The number of halogens is 1. The van der Waals surface area contributed by atoms with Gasteiger partial charge in [-0.25, -0.2) is 0 Å². The van der Waals surface area contributed by atoms with Crippen LogP contribution >= 0.6 is 11.6 Å². The second kappa shape index (κ2) is 5.80. The average Bonchev–Trinajstić information content (AvgIpc) is 2.06. The van der Waals surface area contributed by atoms with Gasteiger partial charge in [0.05, 0.1) is 0 Å². The van der Waals surface area contributed by atoms with Crippen LogP contribution in [-0.4, -0.2) is 47.8 Å². The first-order valence-electron chi connectivity index (χ1n) is 4.21. The summed E-state index contributed by atoms with van der Waals surface area (Å²) >= 11 is 5.18. The van der Waals surface area contributed by atoms with E-state index in [2.05, 4.69) is 0 Å². The summed E-state index contributed by atoms with van der Waals surface area (Å²) in [5.74, 6) is -0.0819. The molecule has 0 aromatic heterocycles. The molecule has 0 rings (SSSR count). The van der Waals surface area contributed by atoms with E-state index in [1.807, 2.05) is 13.8 Å². The van der Waals surface area contributed by atoms with Gasteiger partial charge in [-0.15, -0.1) is 0 Å². The maximum atomic E-state index is 11.4. The SMILES string of the molecule is CCN(CC)C(=O)CN(C)C(=O)Cl. The van der Waals surface area contributed by atoms with Gasteiger partial charge >= 0.3 is 5.37 Å². The van der Waals surface area contributed by atoms with Crippen molar-refractivity contribution in [3.8, 4) is 0 Å². The van der Waals surface area contributed by atoms with Crippen LogP contribution in [0.1, 0.15) is 13.8 Å². The van der Waals surface area contributed by atoms with E-state index in [-0.39, 0.29) is 12.5 Å². The van der Waals surface area contributed by atoms with Crippen molar-refractivity contribution < 1.29 is 9.59 Å². The lowest BCUT2D eigenvalue weighted by Crippen LogP contribution is -2.39. The Morgan fingerprint density at radius 3 is 2.00 bits per heavy atom. The fraction of sp³-hybridized carbons (Fsp3) is 0.750. The summed E-state index contributed by atoms with van der Waals surface area (Å²) in [6, 6.07) is 0. The van der Waals surface area contributed by atoms with Crippen LogP contribution in [0.15, 0.2) is 0 Å². The minimum atomic E-state index is -0.611. The highest BCUT2D eigenvalue weighted by Gasteiger charge is 2.14. The lowest BCUT2D eigenvalue weighted by molar-refractivity contribution is -0.131. The molecule has 13 heavy (non-hydrogen) atoms. The van der Waals surface area contributed by atoms with E-state index in [9.17, 15) is 9.59 Å². The molecule has 0 aromatic carbocycles. The highest BCUT2D eigenvalue weighted by molar-refractivity contribution is 6.62. The molecule has 0 N–H and O–H groups in total. The summed E-state index contributed by atoms with van der Waals surface area (Å²) in [6.45, 7) is 5.14. The maximum absolute atomic E-state index is 11.4. The molecule has 0 saturated carbocycles. The first-order chi connectivity index (χ1) is 6.02. The zero-order valence-electron chi connectivity index (χ0n) is 8.21. The monoisotopic (exact) mass is 206 g/mol. The van der Waals surface area contributed by atoms with E-state index >= 15 is 0 Å². The molecule has 0 aliphatic carbocycles. The van der Waals surface area contributed by atoms with E-state index < -0.39 is 5.37 Å². The number of hydrogen-bond donors (Lipinski definition) is 0. The van der Waals surface area contributed by atoms with E-state index in [4.69, 9.17) is 11.6 Å². The Hall–Kier alpha value is -0.770. The number of carbonyl (C=O) groups excluding carboxylic acids is 2. The fourth-order valence-corrected chi connectivity index (χ4v) is 1.00. The van der Waals surface area contributed by atoms with Crippen LogP contribution in [0.4, 0.5) is 4.79 Å². The van der Waals surface area contributed by atoms with Gasteiger partial charge in [0.25, 0.3) is 0 Å². The molecule has 76 valence electrons. The highest BCUT2D eigenvalue weighted by Crippen LogP contribution is 1.95. The first-order valence-corrected chi connectivity index (χ1v) is 4.59. The van der Waals surface area contributed by atoms with Crippen molar-refractivity contribution in [3.63, 3.8) is 0 Å². The fourth-order valence-electron chi connectivity index (χ4n) is 0.941. The second-order valence-corrected chi connectivity index (χ2v) is 3.00. The quantitative estimate of drug-likeness (QED) is 0.512. The van der Waals surface area contributed by atoms with Crippen LogP contribution in [0.25, 0.3) is 0 Å². The number of hydrogen-bond acceptors (Lipinski definition) is 2. The molecule has 0 aliphatic heterocycles. The normalized spacial score (nSPS) is 9.54. The standard InChI is InChI=1S/C8H15ClN2O2/c1-4-11(5-2)7(12)6-10(3)8(9)13/h4-6H2,1-3H3. The summed E-state index contributed by atoms with van der Waals surface area (Å²) in [6.07, 6.45) is 0. The van der Waals surface area contributed by atoms with Crippen molar-refractivity contribution >= 4 is 22.9 Å². The molecule has 0 fully saturated rings. The topological polar surface area (TPSA) is 40.6 Å². The average molecular weight is 207 g/mol. The van der Waals surface area contributed by atoms with Crippen LogP contribution in [0.2, 0.25) is 0 Å². The highest BCUT2D eigenvalue weighted by atomic mass is 35.5. The molecule has 0 heterocycles. The van der Waals surface area contributed by atoms with Gasteiger partial charge in [-0.2, -0.15) is 0 Å². The minimum absolute atomic E-state index is 0.0456. The third-order valence-electron chi connectivity index (χ3n) is 1.79. The van der Waals surface area contributed by atoms with Gasteiger partial charge in [0.2, 0.25) is 5.91 Å². The molecule has 0 unspecified atom stereocenters. The molecule has 0 saturated heterocycles. The Morgan fingerprint density at radius 2 is 1.69 bits per heavy atom. The van der Waals surface area contributed by atoms with Gasteiger partial charge in [-0.05, 0) is 25.4 Å². The van der Waals surface area contributed by atoms with Crippen LogP contribution in [0.5, 0.6) is 0 Å². The van der Waals surface area contributed by atoms with Crippen LogP contribution in [-0.2, 0) is 4.79 Å². The van der Waals surface area contributed by atoms with Crippen molar-refractivity contribution in [2.24, 2.45) is 0 Å². The molecular formula is C8H15ClN2O2. The summed E-state index contributed by atoms with van der Waals surface area (Å²) in [5.41, 5.74) is 0. The van der Waals surface area contributed by atoms with Crippen molar-refractivity contribution in [3.05, 3.63) is 0 Å². The van der Waals surface area contributed by atoms with Crippen molar-refractivity contribution in [2.45, 2.75) is 13.8 Å². The second-order valence-electron chi connectivity index (χ2n) is 2.68. The van der Waals surface area contributed by atoms with Gasteiger partial charge in [0.15, 0.2) is 0 Å². The zero-order chi connectivity index (χ0) is 10.4. The Kier molecular flexibility index (Phi) is 5.46. The van der Waals surface area contributed by atoms with Crippen LogP contribution < -0.4 is 0 Å². The van der Waals surface area contributed by atoms with E-state index in [1.54, 1.807) is 4.90 Å². The molecule has 5 heteroatoms. The van der Waals surface area contributed by atoms with Gasteiger partial charge in [0, 0.05) is 20.1 Å². The number of nitrogens with zero attached hydrogens (tertiary/aromatic N) is 2. The Morgan fingerprint density at radius 1 is 1.23 bits per heavy atom. The molecule has 0 atom stereocenters. The predicted octanol–water partition coefficient (Wildman–Crippen LogP) is 1.15. The van der Waals surface area contributed by atoms with Gasteiger partial charge in [-0.1, -0.05) is 0 Å². The molecule has 0 bridgehead atoms. The number of rotatable bonds is 4. The Balaban J connectivity index is 4.05. The summed E-state index contributed by atoms with van der Waals surface area (Å²) in [5, 5.41) is -0.611. The third kappa shape index (κ3) is 4.12. The van der Waals surface area contributed by atoms with Crippen LogP contribution in [0.3, 0.4) is 0 Å². The van der Waals surface area contributed by atoms with E-state index in [1.165, 1.54) is 11.9 Å². The van der Waals surface area contributed by atoms with E-state index in [0.717, 1.165) is 0 Å². The molecule has 0 spiro atoms. The van der Waals surface area contributed by atoms with Gasteiger partial charge in [0.1, 0.15) is 6.54 Å². The Bertz CT molecular complexity index is 193. The molecular weight excluding hydrogens is 192 g/mol. The molecule has 0 aliphatic rings.